The Balaban J connectivity index is 1.37. The summed E-state index contributed by atoms with van der Waals surface area (Å²) in [4.78, 5) is 11.8. The summed E-state index contributed by atoms with van der Waals surface area (Å²) in [7, 11) is 0. The zero-order valence-electron chi connectivity index (χ0n) is 17.5. The minimum atomic E-state index is 0.312. The Morgan fingerprint density at radius 2 is 2.21 bits per heavy atom. The monoisotopic (exact) mass is 408 g/mol. The van der Waals surface area contributed by atoms with Gasteiger partial charge in [0.1, 0.15) is 0 Å². The number of aliphatic imine (C=N–C) groups is 1. The normalized spacial score (nSPS) is 21.9. The van der Waals surface area contributed by atoms with Crippen LogP contribution in [0.15, 0.2) is 10.4 Å². The Kier molecular flexibility index (Phi) is 9.02. The van der Waals surface area contributed by atoms with Gasteiger partial charge in [0.2, 0.25) is 0 Å². The van der Waals surface area contributed by atoms with Gasteiger partial charge in [-0.25, -0.2) is 4.98 Å². The molecule has 1 aromatic heterocycles. The Morgan fingerprint density at radius 1 is 1.36 bits per heavy atom. The second kappa shape index (κ2) is 11.7. The number of nitrogens with zero attached hydrogens (tertiary/aromatic N) is 3. The summed E-state index contributed by atoms with van der Waals surface area (Å²) in [6.45, 7) is 9.61. The van der Waals surface area contributed by atoms with Gasteiger partial charge in [-0.1, -0.05) is 0 Å². The van der Waals surface area contributed by atoms with E-state index in [1.165, 1.54) is 17.8 Å². The second-order valence-electron chi connectivity index (χ2n) is 7.73. The molecule has 1 atom stereocenters. The zero-order valence-corrected chi connectivity index (χ0v) is 18.3. The summed E-state index contributed by atoms with van der Waals surface area (Å²) in [6.07, 6.45) is 8.48. The molecule has 0 saturated carbocycles. The van der Waals surface area contributed by atoms with E-state index in [1.807, 2.05) is 0 Å². The van der Waals surface area contributed by atoms with Gasteiger partial charge < -0.3 is 19.7 Å². The van der Waals surface area contributed by atoms with Crippen LogP contribution in [0.5, 0.6) is 0 Å². The lowest BCUT2D eigenvalue weighted by Crippen LogP contribution is -2.47. The van der Waals surface area contributed by atoms with Gasteiger partial charge in [0.15, 0.2) is 5.96 Å². The predicted octanol–water partition coefficient (Wildman–Crippen LogP) is 3.40. The van der Waals surface area contributed by atoms with Crippen LogP contribution in [-0.4, -0.2) is 67.4 Å². The molecule has 7 heteroatoms. The van der Waals surface area contributed by atoms with Crippen molar-refractivity contribution >= 4 is 17.3 Å². The number of piperidine rings is 1. The minimum absolute atomic E-state index is 0.312. The molecule has 1 N–H and O–H groups in total. The molecule has 158 valence electrons. The fraction of sp³-hybridized carbons (Fsp3) is 0.810. The van der Waals surface area contributed by atoms with Gasteiger partial charge >= 0.3 is 0 Å². The third-order valence-electron chi connectivity index (χ3n) is 5.35. The van der Waals surface area contributed by atoms with Crippen molar-refractivity contribution in [1.82, 2.24) is 15.2 Å². The molecule has 1 aromatic rings. The number of likely N-dealkylation sites (tertiary alicyclic amines) is 1. The van der Waals surface area contributed by atoms with Crippen molar-refractivity contribution in [1.29, 1.82) is 0 Å². The van der Waals surface area contributed by atoms with Crippen molar-refractivity contribution in [3.63, 3.8) is 0 Å². The maximum absolute atomic E-state index is 6.14. The Morgan fingerprint density at radius 3 is 2.89 bits per heavy atom. The van der Waals surface area contributed by atoms with E-state index in [-0.39, 0.29) is 0 Å². The predicted molar refractivity (Wildman–Crippen MR) is 115 cm³/mol. The van der Waals surface area contributed by atoms with Gasteiger partial charge in [0.05, 0.1) is 23.8 Å². The van der Waals surface area contributed by atoms with Gasteiger partial charge in [-0.3, -0.25) is 4.99 Å². The molecule has 1 unspecified atom stereocenters. The van der Waals surface area contributed by atoms with Crippen molar-refractivity contribution in [2.75, 3.05) is 39.4 Å². The van der Waals surface area contributed by atoms with Crippen LogP contribution < -0.4 is 5.32 Å². The lowest BCUT2D eigenvalue weighted by atomic mass is 10.1. The maximum atomic E-state index is 6.14. The van der Waals surface area contributed by atoms with E-state index in [1.54, 1.807) is 11.3 Å². The lowest BCUT2D eigenvalue weighted by molar-refractivity contribution is -0.0721. The molecular weight excluding hydrogens is 372 g/mol. The Hall–Kier alpha value is -1.18. The number of ether oxygens (including phenoxy) is 2. The Bertz CT molecular complexity index is 593. The van der Waals surface area contributed by atoms with Gasteiger partial charge in [-0.2, -0.15) is 0 Å². The highest BCUT2D eigenvalue weighted by Crippen LogP contribution is 2.18. The first kappa shape index (κ1) is 21.5. The zero-order chi connectivity index (χ0) is 19.6. The van der Waals surface area contributed by atoms with E-state index in [4.69, 9.17) is 14.5 Å². The number of aryl methyl sites for hydroxylation is 2. The molecule has 0 spiro atoms. The molecule has 0 radical (unpaired) electrons. The first-order chi connectivity index (χ1) is 13.7. The molecule has 2 saturated heterocycles. The molecule has 2 aliphatic rings. The first-order valence-corrected chi connectivity index (χ1v) is 11.8. The smallest absolute Gasteiger partial charge is 0.193 e. The van der Waals surface area contributed by atoms with Crippen LogP contribution in [0.2, 0.25) is 0 Å². The van der Waals surface area contributed by atoms with E-state index >= 15 is 0 Å². The molecule has 3 rings (SSSR count). The van der Waals surface area contributed by atoms with E-state index in [9.17, 15) is 0 Å². The van der Waals surface area contributed by atoms with E-state index < -0.39 is 0 Å². The third-order valence-corrected chi connectivity index (χ3v) is 6.37. The summed E-state index contributed by atoms with van der Waals surface area (Å²) < 4.78 is 11.9. The summed E-state index contributed by atoms with van der Waals surface area (Å²) in [5.74, 6) is 1.05. The summed E-state index contributed by atoms with van der Waals surface area (Å²) in [5.41, 5.74) is 1.12. The molecule has 28 heavy (non-hydrogen) atoms. The third kappa shape index (κ3) is 7.01. The van der Waals surface area contributed by atoms with E-state index in [2.05, 4.69) is 34.4 Å². The van der Waals surface area contributed by atoms with Crippen molar-refractivity contribution in [2.45, 2.75) is 71.0 Å². The van der Waals surface area contributed by atoms with Crippen molar-refractivity contribution in [3.05, 3.63) is 16.1 Å². The standard InChI is InChI=1S/C21H36N4O2S/c1-3-22-21(23-11-6-8-20-24-17(2)16-28-20)25-12-9-18(10-13-25)27-15-19-7-4-5-14-26-19/h16,18-19H,3-15H2,1-2H3,(H,22,23). The quantitative estimate of drug-likeness (QED) is 0.406. The fourth-order valence-corrected chi connectivity index (χ4v) is 4.59. The molecule has 2 fully saturated rings. The number of aromatic nitrogens is 1. The van der Waals surface area contributed by atoms with E-state index in [0.29, 0.717) is 12.2 Å². The maximum Gasteiger partial charge on any atom is 0.193 e. The molecular formula is C21H36N4O2S. The molecule has 2 aliphatic heterocycles. The van der Waals surface area contributed by atoms with Crippen LogP contribution >= 0.6 is 11.3 Å². The van der Waals surface area contributed by atoms with Crippen molar-refractivity contribution in [2.24, 2.45) is 4.99 Å². The SMILES string of the molecule is CCNC(=NCCCc1nc(C)cs1)N1CCC(OCC2CCCCO2)CC1. The van der Waals surface area contributed by atoms with Crippen LogP contribution in [0, 0.1) is 6.92 Å². The molecule has 3 heterocycles. The van der Waals surface area contributed by atoms with Crippen LogP contribution in [-0.2, 0) is 15.9 Å². The second-order valence-corrected chi connectivity index (χ2v) is 8.67. The number of guanidine groups is 1. The summed E-state index contributed by atoms with van der Waals surface area (Å²) >= 11 is 1.75. The average Bonchev–Trinajstić information content (AvgIpc) is 3.15. The molecule has 6 nitrogen and oxygen atoms in total. The number of nitrogens with one attached hydrogen (secondary N) is 1. The van der Waals surface area contributed by atoms with Crippen LogP contribution in [0.3, 0.4) is 0 Å². The average molecular weight is 409 g/mol. The number of hydrogen-bond acceptors (Lipinski definition) is 5. The van der Waals surface area contributed by atoms with Gasteiger partial charge in [0, 0.05) is 50.3 Å². The Labute approximate surface area is 173 Å². The molecule has 0 aromatic carbocycles. The topological polar surface area (TPSA) is 59.0 Å². The number of rotatable bonds is 8. The lowest BCUT2D eigenvalue weighted by Gasteiger charge is -2.35. The highest BCUT2D eigenvalue weighted by atomic mass is 32.1. The van der Waals surface area contributed by atoms with Gasteiger partial charge in [0.25, 0.3) is 0 Å². The minimum Gasteiger partial charge on any atom is -0.376 e. The highest BCUT2D eigenvalue weighted by molar-refractivity contribution is 7.09. The highest BCUT2D eigenvalue weighted by Gasteiger charge is 2.23. The van der Waals surface area contributed by atoms with Crippen molar-refractivity contribution < 1.29 is 9.47 Å². The summed E-state index contributed by atoms with van der Waals surface area (Å²) in [5, 5.41) is 6.80. The van der Waals surface area contributed by atoms with Crippen LogP contribution in [0.4, 0.5) is 0 Å². The first-order valence-electron chi connectivity index (χ1n) is 10.9. The molecule has 0 aliphatic carbocycles. The van der Waals surface area contributed by atoms with Crippen LogP contribution in [0.25, 0.3) is 0 Å². The molecule has 0 amide bonds. The van der Waals surface area contributed by atoms with Crippen molar-refractivity contribution in [3.8, 4) is 0 Å². The number of hydrogen-bond donors (Lipinski definition) is 1. The summed E-state index contributed by atoms with van der Waals surface area (Å²) in [6, 6.07) is 0. The van der Waals surface area contributed by atoms with E-state index in [0.717, 1.165) is 83.2 Å². The van der Waals surface area contributed by atoms with Gasteiger partial charge in [-0.05, 0) is 52.4 Å². The van der Waals surface area contributed by atoms with Crippen LogP contribution in [0.1, 0.15) is 56.2 Å². The fourth-order valence-electron chi connectivity index (χ4n) is 3.78. The largest absolute Gasteiger partial charge is 0.376 e. The molecule has 0 bridgehead atoms. The number of thiazole rings is 1. The van der Waals surface area contributed by atoms with Gasteiger partial charge in [-0.15, -0.1) is 11.3 Å².